The van der Waals surface area contributed by atoms with Crippen molar-refractivity contribution in [2.24, 2.45) is 0 Å². The Morgan fingerprint density at radius 3 is 1.89 bits per heavy atom. The Bertz CT molecular complexity index is 87.1. The minimum Gasteiger partial charge on any atom is -0.346 e. The van der Waals surface area contributed by atoms with E-state index >= 15 is 0 Å². The van der Waals surface area contributed by atoms with Gasteiger partial charge in [0, 0.05) is 0 Å². The zero-order valence-electron chi connectivity index (χ0n) is 5.63. The van der Waals surface area contributed by atoms with Crippen LogP contribution in [0.3, 0.4) is 0 Å². The molecule has 2 nitrogen and oxygen atoms in total. The molecule has 0 aromatic rings. The first-order valence-electron chi connectivity index (χ1n) is 3.11. The zero-order chi connectivity index (χ0) is 6.85. The monoisotopic (exact) mass is 194 g/mol. The van der Waals surface area contributed by atoms with E-state index in [2.05, 4.69) is 15.9 Å². The van der Waals surface area contributed by atoms with E-state index in [0.717, 1.165) is 5.33 Å². The van der Waals surface area contributed by atoms with Crippen molar-refractivity contribution in [3.8, 4) is 0 Å². The lowest BCUT2D eigenvalue weighted by atomic mass is 10.3. The van der Waals surface area contributed by atoms with Gasteiger partial charge in [-0.25, -0.2) is 0 Å². The van der Waals surface area contributed by atoms with E-state index in [1.165, 1.54) is 0 Å². The Morgan fingerprint density at radius 2 is 1.67 bits per heavy atom. The molecule has 1 fully saturated rings. The van der Waals surface area contributed by atoms with Crippen LogP contribution in [-0.2, 0) is 9.47 Å². The summed E-state index contributed by atoms with van der Waals surface area (Å²) in [6.07, 6.45) is 0.454. The zero-order valence-corrected chi connectivity index (χ0v) is 7.22. The second kappa shape index (κ2) is 2.99. The second-order valence-corrected chi connectivity index (χ2v) is 2.91. The van der Waals surface area contributed by atoms with Crippen molar-refractivity contribution in [3.05, 3.63) is 0 Å². The number of hydrogen-bond acceptors (Lipinski definition) is 2. The lowest BCUT2D eigenvalue weighted by Gasteiger charge is -2.02. The van der Waals surface area contributed by atoms with Gasteiger partial charge in [-0.15, -0.1) is 0 Å². The molecule has 0 aromatic carbocycles. The van der Waals surface area contributed by atoms with Crippen LogP contribution in [0, 0.1) is 0 Å². The summed E-state index contributed by atoms with van der Waals surface area (Å²) < 4.78 is 10.7. The maximum Gasteiger partial charge on any atom is 0.168 e. The van der Waals surface area contributed by atoms with Gasteiger partial charge in [0.25, 0.3) is 0 Å². The average Bonchev–Trinajstić information content (AvgIpc) is 2.13. The molecule has 0 saturated carbocycles. The third-order valence-corrected chi connectivity index (χ3v) is 2.05. The van der Waals surface area contributed by atoms with Gasteiger partial charge in [0.2, 0.25) is 0 Å². The first-order chi connectivity index (χ1) is 4.24. The van der Waals surface area contributed by atoms with E-state index in [9.17, 15) is 0 Å². The molecular weight excluding hydrogens is 184 g/mol. The summed E-state index contributed by atoms with van der Waals surface area (Å²) in [5.74, 6) is 0. The van der Waals surface area contributed by atoms with E-state index < -0.39 is 0 Å². The Morgan fingerprint density at radius 1 is 1.22 bits per heavy atom. The predicted octanol–water partition coefficient (Wildman–Crippen LogP) is 1.53. The highest BCUT2D eigenvalue weighted by Gasteiger charge is 2.28. The summed E-state index contributed by atoms with van der Waals surface area (Å²) in [5, 5.41) is 0.766. The van der Waals surface area contributed by atoms with E-state index in [4.69, 9.17) is 9.47 Å². The molecule has 0 aromatic heterocycles. The molecule has 0 unspecified atom stereocenters. The molecule has 54 valence electrons. The summed E-state index contributed by atoms with van der Waals surface area (Å²) in [6, 6.07) is 0. The molecular formula is C6H11BrO2. The fourth-order valence-corrected chi connectivity index (χ4v) is 1.11. The van der Waals surface area contributed by atoms with Crippen LogP contribution in [0.25, 0.3) is 0 Å². The topological polar surface area (TPSA) is 18.5 Å². The SMILES string of the molecule is C[C@@H]1OC(CBr)O[C@H]1C. The van der Waals surface area contributed by atoms with Crippen molar-refractivity contribution in [3.63, 3.8) is 0 Å². The van der Waals surface area contributed by atoms with Gasteiger partial charge in [0.1, 0.15) is 0 Å². The summed E-state index contributed by atoms with van der Waals surface area (Å²) in [6.45, 7) is 4.04. The lowest BCUT2D eigenvalue weighted by molar-refractivity contribution is -0.0423. The maximum absolute atomic E-state index is 5.35. The molecule has 0 amide bonds. The normalized spacial score (nSPS) is 37.7. The number of hydrogen-bond donors (Lipinski definition) is 0. The van der Waals surface area contributed by atoms with Crippen molar-refractivity contribution in [1.82, 2.24) is 0 Å². The van der Waals surface area contributed by atoms with Gasteiger partial charge in [0.05, 0.1) is 17.5 Å². The van der Waals surface area contributed by atoms with Crippen LogP contribution in [0.1, 0.15) is 13.8 Å². The minimum absolute atomic E-state index is 0.0324. The predicted molar refractivity (Wildman–Crippen MR) is 38.7 cm³/mol. The van der Waals surface area contributed by atoms with Crippen LogP contribution in [0.4, 0.5) is 0 Å². The summed E-state index contributed by atoms with van der Waals surface area (Å²) in [5.41, 5.74) is 0. The van der Waals surface area contributed by atoms with Gasteiger partial charge in [-0.2, -0.15) is 0 Å². The van der Waals surface area contributed by atoms with Crippen LogP contribution < -0.4 is 0 Å². The van der Waals surface area contributed by atoms with Gasteiger partial charge < -0.3 is 9.47 Å². The average molecular weight is 195 g/mol. The van der Waals surface area contributed by atoms with Crippen LogP contribution in [0.5, 0.6) is 0 Å². The van der Waals surface area contributed by atoms with E-state index in [1.807, 2.05) is 13.8 Å². The molecule has 3 heteroatoms. The molecule has 1 aliphatic heterocycles. The summed E-state index contributed by atoms with van der Waals surface area (Å²) in [4.78, 5) is 0. The van der Waals surface area contributed by atoms with Crippen LogP contribution in [0.2, 0.25) is 0 Å². The smallest absolute Gasteiger partial charge is 0.168 e. The highest BCUT2D eigenvalue weighted by atomic mass is 79.9. The molecule has 0 bridgehead atoms. The highest BCUT2D eigenvalue weighted by molar-refractivity contribution is 9.09. The van der Waals surface area contributed by atoms with E-state index in [1.54, 1.807) is 0 Å². The molecule has 1 heterocycles. The van der Waals surface area contributed by atoms with Gasteiger partial charge >= 0.3 is 0 Å². The Balaban J connectivity index is 2.35. The van der Waals surface area contributed by atoms with Crippen LogP contribution >= 0.6 is 15.9 Å². The van der Waals surface area contributed by atoms with E-state index in [0.29, 0.717) is 0 Å². The van der Waals surface area contributed by atoms with Crippen LogP contribution in [-0.4, -0.2) is 23.8 Å². The molecule has 1 aliphatic rings. The number of rotatable bonds is 1. The first-order valence-corrected chi connectivity index (χ1v) is 4.23. The molecule has 0 spiro atoms. The van der Waals surface area contributed by atoms with Gasteiger partial charge in [0.15, 0.2) is 6.29 Å². The van der Waals surface area contributed by atoms with Crippen molar-refractivity contribution >= 4 is 15.9 Å². The minimum atomic E-state index is -0.0324. The van der Waals surface area contributed by atoms with Crippen molar-refractivity contribution in [2.45, 2.75) is 32.3 Å². The highest BCUT2D eigenvalue weighted by Crippen LogP contribution is 2.18. The molecule has 1 rings (SSSR count). The Kier molecular flexibility index (Phi) is 2.50. The Labute approximate surface area is 63.7 Å². The number of alkyl halides is 1. The van der Waals surface area contributed by atoms with Gasteiger partial charge in [-0.1, -0.05) is 15.9 Å². The Hall–Kier alpha value is 0.400. The quantitative estimate of drug-likeness (QED) is 0.590. The van der Waals surface area contributed by atoms with E-state index in [-0.39, 0.29) is 18.5 Å². The summed E-state index contributed by atoms with van der Waals surface area (Å²) >= 11 is 3.28. The molecule has 0 aliphatic carbocycles. The van der Waals surface area contributed by atoms with Crippen LogP contribution in [0.15, 0.2) is 0 Å². The summed E-state index contributed by atoms with van der Waals surface area (Å²) in [7, 11) is 0. The number of ether oxygens (including phenoxy) is 2. The van der Waals surface area contributed by atoms with Crippen molar-refractivity contribution in [1.29, 1.82) is 0 Å². The third-order valence-electron chi connectivity index (χ3n) is 1.52. The largest absolute Gasteiger partial charge is 0.346 e. The fourth-order valence-electron chi connectivity index (χ4n) is 0.805. The molecule has 2 atom stereocenters. The second-order valence-electron chi connectivity index (χ2n) is 2.27. The molecule has 0 radical (unpaired) electrons. The molecule has 1 saturated heterocycles. The maximum atomic E-state index is 5.35. The molecule has 0 N–H and O–H groups in total. The fraction of sp³-hybridized carbons (Fsp3) is 1.00. The third kappa shape index (κ3) is 1.66. The lowest BCUT2D eigenvalue weighted by Crippen LogP contribution is -2.13. The molecule has 9 heavy (non-hydrogen) atoms. The van der Waals surface area contributed by atoms with Gasteiger partial charge in [-0.05, 0) is 13.8 Å². The van der Waals surface area contributed by atoms with Gasteiger partial charge in [-0.3, -0.25) is 0 Å². The number of halogens is 1. The van der Waals surface area contributed by atoms with Crippen molar-refractivity contribution < 1.29 is 9.47 Å². The van der Waals surface area contributed by atoms with Crippen molar-refractivity contribution in [2.75, 3.05) is 5.33 Å². The standard InChI is InChI=1S/C6H11BrO2/c1-4-5(2)9-6(3-7)8-4/h4-6H,3H2,1-2H3/t4-,5-/m0/s1. The first kappa shape index (κ1) is 7.51.